The first-order chi connectivity index (χ1) is 9.51. The molecule has 3 nitrogen and oxygen atoms in total. The van der Waals surface area contributed by atoms with Crippen molar-refractivity contribution in [2.24, 2.45) is 17.8 Å². The van der Waals surface area contributed by atoms with E-state index in [0.717, 1.165) is 12.3 Å². The molecule has 1 saturated heterocycles. The number of likely N-dealkylation sites (tertiary alicyclic amines) is 1. The quantitative estimate of drug-likeness (QED) is 0.571. The second kappa shape index (κ2) is 5.88. The van der Waals surface area contributed by atoms with Crippen LogP contribution >= 0.6 is 31.9 Å². The van der Waals surface area contributed by atoms with Crippen molar-refractivity contribution in [1.29, 1.82) is 0 Å². The van der Waals surface area contributed by atoms with E-state index in [1.807, 2.05) is 0 Å². The molecule has 3 fully saturated rings. The van der Waals surface area contributed by atoms with Gasteiger partial charge in [0.2, 0.25) is 0 Å². The van der Waals surface area contributed by atoms with E-state index in [4.69, 9.17) is 4.74 Å². The van der Waals surface area contributed by atoms with Gasteiger partial charge in [0.05, 0.1) is 20.1 Å². The van der Waals surface area contributed by atoms with Crippen LogP contribution in [0.5, 0.6) is 0 Å². The van der Waals surface area contributed by atoms with Crippen LogP contribution in [0, 0.1) is 17.8 Å². The zero-order chi connectivity index (χ0) is 14.3. The van der Waals surface area contributed by atoms with Gasteiger partial charge in [0.1, 0.15) is 5.60 Å². The number of hydrogen-bond donors (Lipinski definition) is 1. The molecule has 2 saturated carbocycles. The van der Waals surface area contributed by atoms with Crippen molar-refractivity contribution in [2.45, 2.75) is 47.9 Å². The average molecular weight is 410 g/mol. The van der Waals surface area contributed by atoms with Crippen LogP contribution in [-0.4, -0.2) is 35.4 Å². The number of piperidine rings is 1. The van der Waals surface area contributed by atoms with Gasteiger partial charge >= 0.3 is 5.97 Å². The number of ether oxygens (including phenoxy) is 1. The molecule has 114 valence electrons. The van der Waals surface area contributed by atoms with E-state index in [9.17, 15) is 4.79 Å². The molecule has 0 aromatic carbocycles. The van der Waals surface area contributed by atoms with Crippen LogP contribution in [-0.2, 0) is 9.53 Å². The molecule has 0 aromatic heterocycles. The summed E-state index contributed by atoms with van der Waals surface area (Å²) in [6.07, 6.45) is 7.40. The van der Waals surface area contributed by atoms with Crippen molar-refractivity contribution in [1.82, 2.24) is 0 Å². The summed E-state index contributed by atoms with van der Waals surface area (Å²) < 4.78 is 5.75. The van der Waals surface area contributed by atoms with Crippen LogP contribution in [0.4, 0.5) is 0 Å². The van der Waals surface area contributed by atoms with E-state index in [1.54, 1.807) is 4.90 Å². The SMILES string of the molecule is C[NH+]1CCC(C2(OC(=O)C(Br)Br)CC3CCC2C3)CC1. The molecule has 2 aliphatic carbocycles. The molecule has 0 spiro atoms. The molecule has 3 atom stereocenters. The highest BCUT2D eigenvalue weighted by atomic mass is 79.9. The fraction of sp³-hybridized carbons (Fsp3) is 0.933. The molecule has 3 rings (SSSR count). The maximum atomic E-state index is 12.2. The second-order valence-electron chi connectivity index (χ2n) is 6.99. The highest BCUT2D eigenvalue weighted by Crippen LogP contribution is 2.57. The first-order valence-corrected chi connectivity index (χ1v) is 9.66. The highest BCUT2D eigenvalue weighted by molar-refractivity contribution is 9.25. The fourth-order valence-electron chi connectivity index (χ4n) is 4.86. The molecular weight excluding hydrogens is 386 g/mol. The van der Waals surface area contributed by atoms with E-state index >= 15 is 0 Å². The molecule has 1 heterocycles. The number of rotatable bonds is 3. The minimum absolute atomic E-state index is 0.135. The standard InChI is InChI=1S/C15H23Br2NO2/c1-18-6-4-11(5-7-18)15(20-14(19)13(16)17)9-10-2-3-12(15)8-10/h10-13H,2-9H2,1H3/p+1. The van der Waals surface area contributed by atoms with Gasteiger partial charge in [0, 0.05) is 18.8 Å². The summed E-state index contributed by atoms with van der Waals surface area (Å²) in [5.41, 5.74) is -0.152. The molecule has 20 heavy (non-hydrogen) atoms. The van der Waals surface area contributed by atoms with Gasteiger partial charge in [-0.25, -0.2) is 4.79 Å². The molecule has 5 heteroatoms. The first kappa shape index (κ1) is 15.3. The van der Waals surface area contributed by atoms with Crippen LogP contribution in [0.2, 0.25) is 0 Å². The molecule has 1 aliphatic heterocycles. The third-order valence-corrected chi connectivity index (χ3v) is 6.59. The Labute approximate surface area is 138 Å². The zero-order valence-electron chi connectivity index (χ0n) is 12.0. The van der Waals surface area contributed by atoms with Crippen LogP contribution in [0.3, 0.4) is 0 Å². The Kier molecular flexibility index (Phi) is 4.50. The van der Waals surface area contributed by atoms with Crippen molar-refractivity contribution in [3.63, 3.8) is 0 Å². The largest absolute Gasteiger partial charge is 0.457 e. The normalized spacial score (nSPS) is 44.0. The Balaban J connectivity index is 1.79. The Bertz CT molecular complexity index is 382. The third kappa shape index (κ3) is 2.70. The summed E-state index contributed by atoms with van der Waals surface area (Å²) in [5, 5.41) is 0. The number of alkyl halides is 2. The van der Waals surface area contributed by atoms with Gasteiger partial charge in [-0.15, -0.1) is 0 Å². The van der Waals surface area contributed by atoms with Crippen molar-refractivity contribution < 1.29 is 14.4 Å². The summed E-state index contributed by atoms with van der Waals surface area (Å²) in [6.45, 7) is 2.43. The number of nitrogens with one attached hydrogen (secondary N) is 1. The minimum Gasteiger partial charge on any atom is -0.457 e. The maximum absolute atomic E-state index is 12.2. The smallest absolute Gasteiger partial charge is 0.331 e. The van der Waals surface area contributed by atoms with Gasteiger partial charge in [-0.05, 0) is 37.5 Å². The van der Waals surface area contributed by atoms with Crippen molar-refractivity contribution in [3.8, 4) is 0 Å². The van der Waals surface area contributed by atoms with Gasteiger partial charge < -0.3 is 9.64 Å². The Morgan fingerprint density at radius 2 is 1.90 bits per heavy atom. The van der Waals surface area contributed by atoms with Crippen LogP contribution in [0.25, 0.3) is 0 Å². The zero-order valence-corrected chi connectivity index (χ0v) is 15.2. The Morgan fingerprint density at radius 3 is 2.40 bits per heavy atom. The van der Waals surface area contributed by atoms with Gasteiger partial charge in [-0.1, -0.05) is 31.9 Å². The van der Waals surface area contributed by atoms with E-state index in [1.165, 1.54) is 45.2 Å². The Morgan fingerprint density at radius 1 is 1.20 bits per heavy atom. The van der Waals surface area contributed by atoms with Crippen LogP contribution < -0.4 is 4.90 Å². The fourth-order valence-corrected chi connectivity index (χ4v) is 5.05. The summed E-state index contributed by atoms with van der Waals surface area (Å²) in [7, 11) is 2.27. The number of fused-ring (bicyclic) bond motifs is 2. The molecular formula is C15H24Br2NO2+. The molecule has 3 aliphatic rings. The molecule has 0 aromatic rings. The summed E-state index contributed by atoms with van der Waals surface area (Å²) in [5.74, 6) is 1.84. The van der Waals surface area contributed by atoms with Crippen molar-refractivity contribution in [3.05, 3.63) is 0 Å². The number of hydrogen-bond acceptors (Lipinski definition) is 2. The number of quaternary nitrogens is 1. The lowest BCUT2D eigenvalue weighted by Gasteiger charge is -2.45. The van der Waals surface area contributed by atoms with Crippen LogP contribution in [0.1, 0.15) is 38.5 Å². The summed E-state index contributed by atoms with van der Waals surface area (Å²) >= 11 is 6.59. The number of carbonyl (C=O) groups is 1. The lowest BCUT2D eigenvalue weighted by atomic mass is 9.71. The second-order valence-corrected chi connectivity index (χ2v) is 10.0. The van der Waals surface area contributed by atoms with Crippen LogP contribution in [0.15, 0.2) is 0 Å². The highest BCUT2D eigenvalue weighted by Gasteiger charge is 2.58. The van der Waals surface area contributed by atoms with E-state index in [-0.39, 0.29) is 15.3 Å². The molecule has 0 radical (unpaired) electrons. The predicted molar refractivity (Wildman–Crippen MR) is 85.3 cm³/mol. The molecule has 1 N–H and O–H groups in total. The number of carbonyl (C=O) groups excluding carboxylic acids is 1. The van der Waals surface area contributed by atoms with Gasteiger partial charge in [-0.2, -0.15) is 0 Å². The van der Waals surface area contributed by atoms with E-state index in [0.29, 0.717) is 11.8 Å². The number of halogens is 2. The van der Waals surface area contributed by atoms with E-state index < -0.39 is 0 Å². The lowest BCUT2D eigenvalue weighted by molar-refractivity contribution is -0.886. The summed E-state index contributed by atoms with van der Waals surface area (Å²) in [4.78, 5) is 13.8. The Hall–Kier alpha value is 0.390. The number of esters is 1. The summed E-state index contributed by atoms with van der Waals surface area (Å²) in [6, 6.07) is 0. The molecule has 0 amide bonds. The van der Waals surface area contributed by atoms with Crippen molar-refractivity contribution in [2.75, 3.05) is 20.1 Å². The topological polar surface area (TPSA) is 30.7 Å². The average Bonchev–Trinajstić information content (AvgIpc) is 3.00. The first-order valence-electron chi connectivity index (χ1n) is 7.83. The minimum atomic E-state index is -0.372. The monoisotopic (exact) mass is 408 g/mol. The van der Waals surface area contributed by atoms with E-state index in [2.05, 4.69) is 38.9 Å². The molecule has 3 unspecified atom stereocenters. The molecule has 2 bridgehead atoms. The van der Waals surface area contributed by atoms with Gasteiger partial charge in [0.25, 0.3) is 0 Å². The van der Waals surface area contributed by atoms with Gasteiger partial charge in [-0.3, -0.25) is 0 Å². The van der Waals surface area contributed by atoms with Crippen molar-refractivity contribution >= 4 is 37.8 Å². The maximum Gasteiger partial charge on any atom is 0.331 e. The third-order valence-electron chi connectivity index (χ3n) is 5.84. The predicted octanol–water partition coefficient (Wildman–Crippen LogP) is 2.13. The lowest BCUT2D eigenvalue weighted by Crippen LogP contribution is -3.10. The van der Waals surface area contributed by atoms with Gasteiger partial charge in [0.15, 0.2) is 3.74 Å².